The zero-order chi connectivity index (χ0) is 9.24. The molecule has 2 N–H and O–H groups in total. The molecular weight excluding hydrogens is 180 g/mol. The third kappa shape index (κ3) is 2.17. The monoisotopic (exact) mass is 190 g/mol. The molecule has 0 aliphatic heterocycles. The van der Waals surface area contributed by atoms with Gasteiger partial charge in [0.2, 0.25) is 10.0 Å². The van der Waals surface area contributed by atoms with Crippen LogP contribution in [0.15, 0.2) is 0 Å². The number of sulfonamides is 1. The quantitative estimate of drug-likeness (QED) is 0.592. The van der Waals surface area contributed by atoms with Gasteiger partial charge < -0.3 is 5.11 Å². The Hall–Kier alpha value is -0.640. The van der Waals surface area contributed by atoms with Crippen LogP contribution in [-0.4, -0.2) is 31.4 Å². The van der Waals surface area contributed by atoms with E-state index in [4.69, 9.17) is 10.4 Å². The van der Waals surface area contributed by atoms with E-state index in [1.54, 1.807) is 6.07 Å². The van der Waals surface area contributed by atoms with Crippen LogP contribution in [0, 0.1) is 11.3 Å². The molecule has 0 spiro atoms. The molecule has 0 heterocycles. The average Bonchev–Trinajstić information content (AvgIpc) is 2.68. The fraction of sp³-hybridized carbons (Fsp3) is 0.833. The minimum Gasteiger partial charge on any atom is -0.394 e. The molecule has 0 aromatic carbocycles. The molecule has 6 heteroatoms. The molecular formula is C6H10N2O3S. The Morgan fingerprint density at radius 1 is 1.58 bits per heavy atom. The Morgan fingerprint density at radius 3 is 2.50 bits per heavy atom. The molecule has 1 fully saturated rings. The maximum Gasteiger partial charge on any atom is 0.225 e. The smallest absolute Gasteiger partial charge is 0.225 e. The van der Waals surface area contributed by atoms with E-state index in [2.05, 4.69) is 4.72 Å². The SMILES string of the molecule is N#CCS(=O)(=O)NC1(CO)CC1. The van der Waals surface area contributed by atoms with Crippen molar-refractivity contribution in [1.29, 1.82) is 5.26 Å². The van der Waals surface area contributed by atoms with Crippen molar-refractivity contribution in [3.8, 4) is 6.07 Å². The zero-order valence-electron chi connectivity index (χ0n) is 6.45. The number of aliphatic hydroxyl groups excluding tert-OH is 1. The van der Waals surface area contributed by atoms with E-state index in [9.17, 15) is 8.42 Å². The van der Waals surface area contributed by atoms with Gasteiger partial charge in [-0.3, -0.25) is 0 Å². The van der Waals surface area contributed by atoms with E-state index in [1.165, 1.54) is 0 Å². The summed E-state index contributed by atoms with van der Waals surface area (Å²) in [5.74, 6) is -0.547. The van der Waals surface area contributed by atoms with Crippen molar-refractivity contribution in [2.45, 2.75) is 18.4 Å². The van der Waals surface area contributed by atoms with Crippen molar-refractivity contribution in [3.05, 3.63) is 0 Å². The van der Waals surface area contributed by atoms with Crippen LogP contribution in [0.2, 0.25) is 0 Å². The molecule has 68 valence electrons. The second-order valence-electron chi connectivity index (χ2n) is 2.96. The molecule has 1 saturated carbocycles. The van der Waals surface area contributed by atoms with Gasteiger partial charge in [0.1, 0.15) is 0 Å². The lowest BCUT2D eigenvalue weighted by atomic mass is 10.3. The van der Waals surface area contributed by atoms with E-state index < -0.39 is 21.3 Å². The molecule has 0 atom stereocenters. The molecule has 0 amide bonds. The van der Waals surface area contributed by atoms with E-state index in [0.29, 0.717) is 12.8 Å². The van der Waals surface area contributed by atoms with Crippen molar-refractivity contribution in [3.63, 3.8) is 0 Å². The van der Waals surface area contributed by atoms with Crippen molar-refractivity contribution in [2.75, 3.05) is 12.4 Å². The summed E-state index contributed by atoms with van der Waals surface area (Å²) in [6.07, 6.45) is 1.29. The normalized spacial score (nSPS) is 20.0. The van der Waals surface area contributed by atoms with Crippen molar-refractivity contribution in [1.82, 2.24) is 4.72 Å². The standard InChI is InChI=1S/C6H10N2O3S/c7-3-4-12(10,11)8-6(5-9)1-2-6/h8-9H,1-2,4-5H2. The summed E-state index contributed by atoms with van der Waals surface area (Å²) < 4.78 is 24.3. The van der Waals surface area contributed by atoms with E-state index >= 15 is 0 Å². The highest BCUT2D eigenvalue weighted by Gasteiger charge is 2.45. The Labute approximate surface area is 71.1 Å². The maximum absolute atomic E-state index is 11.0. The topological polar surface area (TPSA) is 90.2 Å². The molecule has 5 nitrogen and oxygen atoms in total. The van der Waals surface area contributed by atoms with Crippen molar-refractivity contribution in [2.24, 2.45) is 0 Å². The number of hydrogen-bond acceptors (Lipinski definition) is 4. The third-order valence-electron chi connectivity index (χ3n) is 1.78. The largest absolute Gasteiger partial charge is 0.394 e. The summed E-state index contributed by atoms with van der Waals surface area (Å²) in [7, 11) is -3.51. The summed E-state index contributed by atoms with van der Waals surface area (Å²) in [5, 5.41) is 16.9. The fourth-order valence-electron chi connectivity index (χ4n) is 0.894. The van der Waals surface area contributed by atoms with E-state index in [0.717, 1.165) is 0 Å². The van der Waals surface area contributed by atoms with Gasteiger partial charge in [-0.05, 0) is 12.8 Å². The van der Waals surface area contributed by atoms with E-state index in [-0.39, 0.29) is 6.61 Å². The maximum atomic E-state index is 11.0. The number of hydrogen-bond donors (Lipinski definition) is 2. The first-order valence-corrected chi connectivity index (χ1v) is 5.18. The first-order chi connectivity index (χ1) is 5.54. The van der Waals surface area contributed by atoms with Crippen molar-refractivity contribution >= 4 is 10.0 Å². The predicted molar refractivity (Wildman–Crippen MR) is 41.6 cm³/mol. The summed E-state index contributed by atoms with van der Waals surface area (Å²) in [4.78, 5) is 0. The summed E-state index contributed by atoms with van der Waals surface area (Å²) in [6, 6.07) is 1.55. The second kappa shape index (κ2) is 3.01. The second-order valence-corrected chi connectivity index (χ2v) is 4.68. The molecule has 0 radical (unpaired) electrons. The summed E-state index contributed by atoms with van der Waals surface area (Å²) in [5.41, 5.74) is -0.657. The van der Waals surface area contributed by atoms with Crippen LogP contribution in [0.3, 0.4) is 0 Å². The van der Waals surface area contributed by atoms with Crippen LogP contribution in [0.25, 0.3) is 0 Å². The van der Waals surface area contributed by atoms with Crippen LogP contribution in [0.1, 0.15) is 12.8 Å². The third-order valence-corrected chi connectivity index (χ3v) is 3.04. The Kier molecular flexibility index (Phi) is 2.37. The van der Waals surface area contributed by atoms with Crippen LogP contribution in [0.4, 0.5) is 0 Å². The Morgan fingerprint density at radius 2 is 2.17 bits per heavy atom. The summed E-state index contributed by atoms with van der Waals surface area (Å²) in [6.45, 7) is -0.197. The molecule has 0 aromatic heterocycles. The van der Waals surface area contributed by atoms with Gasteiger partial charge in [0, 0.05) is 0 Å². The van der Waals surface area contributed by atoms with Gasteiger partial charge in [0.05, 0.1) is 18.2 Å². The van der Waals surface area contributed by atoms with Gasteiger partial charge in [-0.15, -0.1) is 0 Å². The molecule has 1 aliphatic carbocycles. The summed E-state index contributed by atoms with van der Waals surface area (Å²) >= 11 is 0. The number of nitriles is 1. The highest BCUT2D eigenvalue weighted by atomic mass is 32.2. The minimum absolute atomic E-state index is 0.197. The van der Waals surface area contributed by atoms with Gasteiger partial charge in [-0.1, -0.05) is 0 Å². The molecule has 0 aromatic rings. The van der Waals surface area contributed by atoms with Crippen LogP contribution in [-0.2, 0) is 10.0 Å². The van der Waals surface area contributed by atoms with Crippen molar-refractivity contribution < 1.29 is 13.5 Å². The predicted octanol–water partition coefficient (Wildman–Crippen LogP) is -1.05. The lowest BCUT2D eigenvalue weighted by Crippen LogP contribution is -2.40. The molecule has 0 unspecified atom stereocenters. The van der Waals surface area contributed by atoms with Gasteiger partial charge in [-0.25, -0.2) is 13.1 Å². The first kappa shape index (κ1) is 9.45. The van der Waals surface area contributed by atoms with Gasteiger partial charge in [0.15, 0.2) is 5.75 Å². The fourth-order valence-corrected chi connectivity index (χ4v) is 2.06. The molecule has 1 rings (SSSR count). The van der Waals surface area contributed by atoms with Crippen LogP contribution < -0.4 is 4.72 Å². The first-order valence-electron chi connectivity index (χ1n) is 3.53. The molecule has 0 saturated heterocycles. The number of nitrogens with one attached hydrogen (secondary N) is 1. The highest BCUT2D eigenvalue weighted by molar-refractivity contribution is 7.89. The Balaban J connectivity index is 2.57. The number of aliphatic hydroxyl groups is 1. The van der Waals surface area contributed by atoms with Gasteiger partial charge in [0.25, 0.3) is 0 Å². The lowest BCUT2D eigenvalue weighted by Gasteiger charge is -2.12. The highest BCUT2D eigenvalue weighted by Crippen LogP contribution is 2.35. The molecule has 0 bridgehead atoms. The van der Waals surface area contributed by atoms with Gasteiger partial charge >= 0.3 is 0 Å². The molecule has 12 heavy (non-hydrogen) atoms. The van der Waals surface area contributed by atoms with Crippen LogP contribution in [0.5, 0.6) is 0 Å². The minimum atomic E-state index is -3.51. The number of rotatable bonds is 4. The molecule has 1 aliphatic rings. The lowest BCUT2D eigenvalue weighted by molar-refractivity contribution is 0.246. The average molecular weight is 190 g/mol. The number of nitrogens with zero attached hydrogens (tertiary/aromatic N) is 1. The van der Waals surface area contributed by atoms with E-state index in [1.807, 2.05) is 0 Å². The van der Waals surface area contributed by atoms with Crippen LogP contribution >= 0.6 is 0 Å². The van der Waals surface area contributed by atoms with Gasteiger partial charge in [-0.2, -0.15) is 5.26 Å². The Bertz CT molecular complexity index is 299. The zero-order valence-corrected chi connectivity index (χ0v) is 7.26.